The molecule has 32 heavy (non-hydrogen) atoms. The SMILES string of the molecule is COc1ccc(CCNC(=O)C2CCN(S(=O)(=O)c3ccccc3)CC2)cc1OC(F)F. The van der Waals surface area contributed by atoms with Gasteiger partial charge in [0.1, 0.15) is 0 Å². The molecule has 0 saturated carbocycles. The Morgan fingerprint density at radius 2 is 1.81 bits per heavy atom. The topological polar surface area (TPSA) is 84.9 Å². The summed E-state index contributed by atoms with van der Waals surface area (Å²) in [5.74, 6) is -0.265. The van der Waals surface area contributed by atoms with Gasteiger partial charge in [0, 0.05) is 25.6 Å². The van der Waals surface area contributed by atoms with Crippen molar-refractivity contribution in [2.45, 2.75) is 30.8 Å². The van der Waals surface area contributed by atoms with Gasteiger partial charge in [-0.2, -0.15) is 13.1 Å². The van der Waals surface area contributed by atoms with Gasteiger partial charge in [0.25, 0.3) is 0 Å². The van der Waals surface area contributed by atoms with Gasteiger partial charge in [0.05, 0.1) is 12.0 Å². The van der Waals surface area contributed by atoms with Crippen molar-refractivity contribution in [2.75, 3.05) is 26.7 Å². The van der Waals surface area contributed by atoms with Crippen LogP contribution in [0.1, 0.15) is 18.4 Å². The van der Waals surface area contributed by atoms with E-state index in [-0.39, 0.29) is 41.3 Å². The number of hydrogen-bond acceptors (Lipinski definition) is 5. The first-order valence-electron chi connectivity index (χ1n) is 10.3. The first-order valence-corrected chi connectivity index (χ1v) is 11.7. The Hall–Kier alpha value is -2.72. The first-order chi connectivity index (χ1) is 15.3. The Morgan fingerprint density at radius 1 is 1.12 bits per heavy atom. The molecule has 0 atom stereocenters. The number of amides is 1. The summed E-state index contributed by atoms with van der Waals surface area (Å²) in [6.45, 7) is -2.08. The Kier molecular flexibility index (Phi) is 8.03. The van der Waals surface area contributed by atoms with Crippen molar-refractivity contribution in [1.82, 2.24) is 9.62 Å². The summed E-state index contributed by atoms with van der Waals surface area (Å²) in [5.41, 5.74) is 0.713. The van der Waals surface area contributed by atoms with Crippen LogP contribution in [-0.2, 0) is 21.2 Å². The van der Waals surface area contributed by atoms with Crippen LogP contribution in [-0.4, -0.2) is 52.0 Å². The summed E-state index contributed by atoms with van der Waals surface area (Å²) in [6.07, 6.45) is 1.30. The fraction of sp³-hybridized carbons (Fsp3) is 0.409. The largest absolute Gasteiger partial charge is 0.493 e. The van der Waals surface area contributed by atoms with Crippen molar-refractivity contribution in [3.05, 3.63) is 54.1 Å². The van der Waals surface area contributed by atoms with Crippen LogP contribution in [0.4, 0.5) is 8.78 Å². The summed E-state index contributed by atoms with van der Waals surface area (Å²) >= 11 is 0. The summed E-state index contributed by atoms with van der Waals surface area (Å²) in [4.78, 5) is 12.8. The molecule has 0 radical (unpaired) electrons. The molecule has 174 valence electrons. The number of ether oxygens (including phenoxy) is 2. The van der Waals surface area contributed by atoms with Crippen LogP contribution >= 0.6 is 0 Å². The van der Waals surface area contributed by atoms with Gasteiger partial charge in [-0.05, 0) is 49.1 Å². The molecule has 1 aliphatic heterocycles. The second kappa shape index (κ2) is 10.7. The highest BCUT2D eigenvalue weighted by Gasteiger charge is 2.31. The van der Waals surface area contributed by atoms with Crippen LogP contribution < -0.4 is 14.8 Å². The third-order valence-corrected chi connectivity index (χ3v) is 7.28. The lowest BCUT2D eigenvalue weighted by atomic mass is 9.97. The molecule has 0 aromatic heterocycles. The highest BCUT2D eigenvalue weighted by Crippen LogP contribution is 2.29. The summed E-state index contributed by atoms with van der Waals surface area (Å²) in [7, 11) is -2.19. The predicted molar refractivity (Wildman–Crippen MR) is 114 cm³/mol. The Balaban J connectivity index is 1.49. The lowest BCUT2D eigenvalue weighted by Gasteiger charge is -2.30. The van der Waals surface area contributed by atoms with Crippen molar-refractivity contribution >= 4 is 15.9 Å². The van der Waals surface area contributed by atoms with Gasteiger partial charge < -0.3 is 14.8 Å². The van der Waals surface area contributed by atoms with E-state index in [1.54, 1.807) is 36.4 Å². The van der Waals surface area contributed by atoms with E-state index in [2.05, 4.69) is 10.1 Å². The number of carbonyl (C=O) groups is 1. The van der Waals surface area contributed by atoms with Gasteiger partial charge >= 0.3 is 6.61 Å². The average molecular weight is 469 g/mol. The smallest absolute Gasteiger partial charge is 0.387 e. The van der Waals surface area contributed by atoms with E-state index in [0.29, 0.717) is 31.4 Å². The molecule has 0 spiro atoms. The standard InChI is InChI=1S/C22H26F2N2O5S/c1-30-19-8-7-16(15-20(19)31-22(23)24)9-12-25-21(27)17-10-13-26(14-11-17)32(28,29)18-5-3-2-4-6-18/h2-8,15,17,22H,9-14H2,1H3,(H,25,27). The normalized spacial score (nSPS) is 15.5. The van der Waals surface area contributed by atoms with Crippen molar-refractivity contribution in [2.24, 2.45) is 5.92 Å². The zero-order valence-corrected chi connectivity index (χ0v) is 18.5. The van der Waals surface area contributed by atoms with Gasteiger partial charge in [-0.1, -0.05) is 24.3 Å². The Labute approximate surface area is 186 Å². The summed E-state index contributed by atoms with van der Waals surface area (Å²) < 4.78 is 61.4. The van der Waals surface area contributed by atoms with Gasteiger partial charge in [-0.3, -0.25) is 4.79 Å². The molecular formula is C22H26F2N2O5S. The van der Waals surface area contributed by atoms with E-state index in [0.717, 1.165) is 0 Å². The zero-order chi connectivity index (χ0) is 23.1. The van der Waals surface area contributed by atoms with E-state index < -0.39 is 16.6 Å². The van der Waals surface area contributed by atoms with E-state index in [1.807, 2.05) is 0 Å². The molecule has 1 amide bonds. The van der Waals surface area contributed by atoms with Crippen LogP contribution in [0.15, 0.2) is 53.4 Å². The molecule has 7 nitrogen and oxygen atoms in total. The number of nitrogens with one attached hydrogen (secondary N) is 1. The van der Waals surface area contributed by atoms with E-state index in [9.17, 15) is 22.0 Å². The van der Waals surface area contributed by atoms with Crippen molar-refractivity contribution in [1.29, 1.82) is 0 Å². The minimum absolute atomic E-state index is 0.0571. The quantitative estimate of drug-likeness (QED) is 0.612. The molecule has 1 heterocycles. The van der Waals surface area contributed by atoms with E-state index in [4.69, 9.17) is 4.74 Å². The maximum Gasteiger partial charge on any atom is 0.387 e. The van der Waals surface area contributed by atoms with Crippen molar-refractivity contribution in [3.63, 3.8) is 0 Å². The van der Waals surface area contributed by atoms with Crippen molar-refractivity contribution in [3.8, 4) is 11.5 Å². The molecule has 2 aromatic carbocycles. The third-order valence-electron chi connectivity index (χ3n) is 5.36. The molecule has 2 aromatic rings. The summed E-state index contributed by atoms with van der Waals surface area (Å²) in [6, 6.07) is 13.0. The molecule has 0 aliphatic carbocycles. The van der Waals surface area contributed by atoms with Crippen molar-refractivity contribution < 1.29 is 31.5 Å². The van der Waals surface area contributed by atoms with Crippen LogP contribution in [0.2, 0.25) is 0 Å². The Bertz CT molecular complexity index is 1010. The zero-order valence-electron chi connectivity index (χ0n) is 17.7. The number of hydrogen-bond donors (Lipinski definition) is 1. The average Bonchev–Trinajstić information content (AvgIpc) is 2.79. The third kappa shape index (κ3) is 5.95. The molecule has 1 saturated heterocycles. The minimum atomic E-state index is -3.56. The molecule has 1 N–H and O–H groups in total. The maximum absolute atomic E-state index is 12.7. The predicted octanol–water partition coefficient (Wildman–Crippen LogP) is 3.06. The molecule has 0 bridgehead atoms. The number of halogens is 2. The van der Waals surface area contributed by atoms with Gasteiger partial charge in [-0.25, -0.2) is 8.42 Å². The number of rotatable bonds is 9. The molecule has 0 unspecified atom stereocenters. The van der Waals surface area contributed by atoms with Crippen LogP contribution in [0.5, 0.6) is 11.5 Å². The van der Waals surface area contributed by atoms with Gasteiger partial charge in [0.15, 0.2) is 11.5 Å². The minimum Gasteiger partial charge on any atom is -0.493 e. The van der Waals surface area contributed by atoms with Crippen LogP contribution in [0.25, 0.3) is 0 Å². The Morgan fingerprint density at radius 3 is 2.44 bits per heavy atom. The fourth-order valence-corrected chi connectivity index (χ4v) is 5.13. The first kappa shape index (κ1) is 23.9. The molecule has 10 heteroatoms. The molecule has 1 fully saturated rings. The highest BCUT2D eigenvalue weighted by molar-refractivity contribution is 7.89. The number of sulfonamides is 1. The lowest BCUT2D eigenvalue weighted by molar-refractivity contribution is -0.126. The molecular weight excluding hydrogens is 442 g/mol. The van der Waals surface area contributed by atoms with E-state index in [1.165, 1.54) is 23.5 Å². The van der Waals surface area contributed by atoms with Gasteiger partial charge in [0.2, 0.25) is 15.9 Å². The second-order valence-corrected chi connectivity index (χ2v) is 9.33. The molecule has 1 aliphatic rings. The number of nitrogens with zero attached hydrogens (tertiary/aromatic N) is 1. The second-order valence-electron chi connectivity index (χ2n) is 7.40. The fourth-order valence-electron chi connectivity index (χ4n) is 3.64. The number of carbonyl (C=O) groups excluding carboxylic acids is 1. The monoisotopic (exact) mass is 468 g/mol. The van der Waals surface area contributed by atoms with Crippen LogP contribution in [0, 0.1) is 5.92 Å². The van der Waals surface area contributed by atoms with E-state index >= 15 is 0 Å². The maximum atomic E-state index is 12.7. The number of piperidine rings is 1. The molecule has 3 rings (SSSR count). The van der Waals surface area contributed by atoms with Crippen LogP contribution in [0.3, 0.4) is 0 Å². The highest BCUT2D eigenvalue weighted by atomic mass is 32.2. The number of methoxy groups -OCH3 is 1. The number of benzene rings is 2. The lowest BCUT2D eigenvalue weighted by Crippen LogP contribution is -2.43. The number of alkyl halides is 2. The summed E-state index contributed by atoms with van der Waals surface area (Å²) in [5, 5.41) is 2.85. The van der Waals surface area contributed by atoms with Gasteiger partial charge in [-0.15, -0.1) is 0 Å².